The second kappa shape index (κ2) is 5.25. The van der Waals surface area contributed by atoms with Crippen LogP contribution in [0.4, 0.5) is 5.69 Å². The molecule has 0 aliphatic carbocycles. The Bertz CT molecular complexity index is 786. The van der Waals surface area contributed by atoms with Gasteiger partial charge in [0.2, 0.25) is 0 Å². The third-order valence-corrected chi connectivity index (χ3v) is 3.37. The molecule has 4 nitrogen and oxygen atoms in total. The highest BCUT2D eigenvalue weighted by Crippen LogP contribution is 2.21. The molecular weight excluding hydrogens is 252 g/mol. The average Bonchev–Trinajstić information content (AvgIpc) is 2.90. The molecule has 0 bridgehead atoms. The third kappa shape index (κ3) is 2.32. The maximum atomic E-state index is 11.5. The van der Waals surface area contributed by atoms with E-state index >= 15 is 0 Å². The van der Waals surface area contributed by atoms with Crippen molar-refractivity contribution in [3.05, 3.63) is 64.8 Å². The highest BCUT2D eigenvalue weighted by molar-refractivity contribution is 5.81. The first-order chi connectivity index (χ1) is 9.78. The molecule has 0 unspecified atom stereocenters. The molecule has 102 valence electrons. The SMILES string of the molecule is CCn1cc(NCc2coc3ccccc23)ccc1=O. The number of anilines is 1. The van der Waals surface area contributed by atoms with Crippen LogP contribution in [0.15, 0.2) is 58.1 Å². The monoisotopic (exact) mass is 268 g/mol. The number of fused-ring (bicyclic) bond motifs is 1. The molecule has 0 fully saturated rings. The summed E-state index contributed by atoms with van der Waals surface area (Å²) in [5, 5.41) is 4.44. The Hall–Kier alpha value is -2.49. The normalized spacial score (nSPS) is 10.8. The van der Waals surface area contributed by atoms with Crippen LogP contribution in [0.2, 0.25) is 0 Å². The van der Waals surface area contributed by atoms with Crippen LogP contribution < -0.4 is 10.9 Å². The summed E-state index contributed by atoms with van der Waals surface area (Å²) in [6.45, 7) is 3.29. The van der Waals surface area contributed by atoms with E-state index in [4.69, 9.17) is 4.42 Å². The van der Waals surface area contributed by atoms with Crippen molar-refractivity contribution in [2.24, 2.45) is 0 Å². The highest BCUT2D eigenvalue weighted by Gasteiger charge is 2.05. The molecule has 20 heavy (non-hydrogen) atoms. The number of rotatable bonds is 4. The first-order valence-electron chi connectivity index (χ1n) is 6.67. The fourth-order valence-electron chi connectivity index (χ4n) is 2.25. The van der Waals surface area contributed by atoms with Gasteiger partial charge in [0.1, 0.15) is 5.58 Å². The van der Waals surface area contributed by atoms with Crippen molar-refractivity contribution >= 4 is 16.7 Å². The van der Waals surface area contributed by atoms with E-state index in [-0.39, 0.29) is 5.56 Å². The van der Waals surface area contributed by atoms with E-state index in [9.17, 15) is 4.79 Å². The Kier molecular flexibility index (Phi) is 3.29. The Morgan fingerprint density at radius 1 is 1.20 bits per heavy atom. The molecule has 0 amide bonds. The van der Waals surface area contributed by atoms with E-state index in [0.29, 0.717) is 13.1 Å². The molecular formula is C16H16N2O2. The van der Waals surface area contributed by atoms with Crippen LogP contribution in [0.3, 0.4) is 0 Å². The Balaban J connectivity index is 1.81. The number of nitrogens with one attached hydrogen (secondary N) is 1. The predicted octanol–water partition coefficient (Wildman–Crippen LogP) is 3.23. The van der Waals surface area contributed by atoms with Crippen LogP contribution in [0.5, 0.6) is 0 Å². The number of hydrogen-bond donors (Lipinski definition) is 1. The van der Waals surface area contributed by atoms with Gasteiger partial charge in [0.15, 0.2) is 0 Å². The number of hydrogen-bond acceptors (Lipinski definition) is 3. The quantitative estimate of drug-likeness (QED) is 0.790. The summed E-state index contributed by atoms with van der Waals surface area (Å²) in [6, 6.07) is 11.3. The summed E-state index contributed by atoms with van der Waals surface area (Å²) in [4.78, 5) is 11.5. The average molecular weight is 268 g/mol. The van der Waals surface area contributed by atoms with Crippen LogP contribution >= 0.6 is 0 Å². The summed E-state index contributed by atoms with van der Waals surface area (Å²) in [5.74, 6) is 0. The standard InChI is InChI=1S/C16H16N2O2/c1-2-18-10-13(7-8-16(18)19)17-9-12-11-20-15-6-4-3-5-14(12)15/h3-8,10-11,17H,2,9H2,1H3. The highest BCUT2D eigenvalue weighted by atomic mass is 16.3. The van der Waals surface area contributed by atoms with E-state index in [1.54, 1.807) is 23.0 Å². The predicted molar refractivity (Wildman–Crippen MR) is 79.9 cm³/mol. The Morgan fingerprint density at radius 3 is 2.90 bits per heavy atom. The third-order valence-electron chi connectivity index (χ3n) is 3.37. The summed E-state index contributed by atoms with van der Waals surface area (Å²) < 4.78 is 7.18. The van der Waals surface area contributed by atoms with Crippen molar-refractivity contribution in [2.45, 2.75) is 20.0 Å². The molecule has 1 N–H and O–H groups in total. The van der Waals surface area contributed by atoms with Gasteiger partial charge in [0.25, 0.3) is 5.56 Å². The van der Waals surface area contributed by atoms with Crippen LogP contribution in [-0.4, -0.2) is 4.57 Å². The van der Waals surface area contributed by atoms with Crippen molar-refractivity contribution in [1.82, 2.24) is 4.57 Å². The first-order valence-corrected chi connectivity index (χ1v) is 6.67. The van der Waals surface area contributed by atoms with Gasteiger partial charge in [0.05, 0.1) is 12.0 Å². The molecule has 0 atom stereocenters. The molecule has 2 aromatic heterocycles. The van der Waals surface area contributed by atoms with E-state index in [1.807, 2.05) is 37.4 Å². The lowest BCUT2D eigenvalue weighted by atomic mass is 10.2. The van der Waals surface area contributed by atoms with E-state index in [2.05, 4.69) is 5.32 Å². The largest absolute Gasteiger partial charge is 0.464 e. The second-order valence-electron chi connectivity index (χ2n) is 4.65. The van der Waals surface area contributed by atoms with Crippen molar-refractivity contribution in [3.8, 4) is 0 Å². The van der Waals surface area contributed by atoms with E-state index in [1.165, 1.54) is 0 Å². The fourth-order valence-corrected chi connectivity index (χ4v) is 2.25. The molecule has 0 radical (unpaired) electrons. The number of pyridine rings is 1. The summed E-state index contributed by atoms with van der Waals surface area (Å²) in [7, 11) is 0. The molecule has 3 rings (SSSR count). The van der Waals surface area contributed by atoms with E-state index in [0.717, 1.165) is 22.2 Å². The Labute approximate surface area is 116 Å². The number of aromatic nitrogens is 1. The van der Waals surface area contributed by atoms with Gasteiger partial charge in [-0.1, -0.05) is 18.2 Å². The topological polar surface area (TPSA) is 47.2 Å². The lowest BCUT2D eigenvalue weighted by Crippen LogP contribution is -2.17. The number of aryl methyl sites for hydroxylation is 1. The molecule has 0 spiro atoms. The minimum atomic E-state index is 0.0202. The summed E-state index contributed by atoms with van der Waals surface area (Å²) in [6.07, 6.45) is 3.61. The molecule has 0 aliphatic rings. The molecule has 2 heterocycles. The van der Waals surface area contributed by atoms with Gasteiger partial charge in [-0.05, 0) is 19.1 Å². The minimum Gasteiger partial charge on any atom is -0.464 e. The number of nitrogens with zero attached hydrogens (tertiary/aromatic N) is 1. The molecule has 0 aliphatic heterocycles. The fraction of sp³-hybridized carbons (Fsp3) is 0.188. The maximum absolute atomic E-state index is 11.5. The van der Waals surface area contributed by atoms with Crippen LogP contribution in [0.25, 0.3) is 11.0 Å². The summed E-state index contributed by atoms with van der Waals surface area (Å²) >= 11 is 0. The lowest BCUT2D eigenvalue weighted by Gasteiger charge is -2.08. The van der Waals surface area contributed by atoms with Crippen molar-refractivity contribution in [1.29, 1.82) is 0 Å². The van der Waals surface area contributed by atoms with Gasteiger partial charge in [-0.15, -0.1) is 0 Å². The molecule has 3 aromatic rings. The van der Waals surface area contributed by atoms with Crippen LogP contribution in [0.1, 0.15) is 12.5 Å². The molecule has 0 saturated heterocycles. The zero-order chi connectivity index (χ0) is 13.9. The summed E-state index contributed by atoms with van der Waals surface area (Å²) in [5.41, 5.74) is 2.95. The number of para-hydroxylation sites is 1. The maximum Gasteiger partial charge on any atom is 0.250 e. The molecule has 0 saturated carbocycles. The van der Waals surface area contributed by atoms with Gasteiger partial charge in [-0.25, -0.2) is 0 Å². The first kappa shape index (κ1) is 12.5. The minimum absolute atomic E-state index is 0.0202. The lowest BCUT2D eigenvalue weighted by molar-refractivity contribution is 0.611. The molecule has 1 aromatic carbocycles. The van der Waals surface area contributed by atoms with Crippen LogP contribution in [-0.2, 0) is 13.1 Å². The van der Waals surface area contributed by atoms with Gasteiger partial charge in [-0.2, -0.15) is 0 Å². The number of furan rings is 1. The van der Waals surface area contributed by atoms with Crippen molar-refractivity contribution < 1.29 is 4.42 Å². The van der Waals surface area contributed by atoms with Crippen molar-refractivity contribution in [2.75, 3.05) is 5.32 Å². The van der Waals surface area contributed by atoms with Gasteiger partial charge >= 0.3 is 0 Å². The van der Waals surface area contributed by atoms with Gasteiger partial charge in [0, 0.05) is 36.3 Å². The Morgan fingerprint density at radius 2 is 2.05 bits per heavy atom. The van der Waals surface area contributed by atoms with Gasteiger partial charge < -0.3 is 14.3 Å². The van der Waals surface area contributed by atoms with Gasteiger partial charge in [-0.3, -0.25) is 4.79 Å². The zero-order valence-corrected chi connectivity index (χ0v) is 11.3. The number of benzene rings is 1. The van der Waals surface area contributed by atoms with Crippen molar-refractivity contribution in [3.63, 3.8) is 0 Å². The van der Waals surface area contributed by atoms with Crippen LogP contribution in [0, 0.1) is 0 Å². The second-order valence-corrected chi connectivity index (χ2v) is 4.65. The van der Waals surface area contributed by atoms with E-state index < -0.39 is 0 Å². The molecule has 4 heteroatoms. The zero-order valence-electron chi connectivity index (χ0n) is 11.3. The smallest absolute Gasteiger partial charge is 0.250 e.